The normalized spacial score (nSPS) is 30.8. The van der Waals surface area contributed by atoms with Crippen LogP contribution in [0, 0.1) is 5.82 Å². The van der Waals surface area contributed by atoms with Gasteiger partial charge in [-0.2, -0.15) is 0 Å². The van der Waals surface area contributed by atoms with Crippen LogP contribution in [0.25, 0.3) is 0 Å². The molecule has 4 nitrogen and oxygen atoms in total. The average molecular weight is 278 g/mol. The van der Waals surface area contributed by atoms with Gasteiger partial charge in [0.1, 0.15) is 12.0 Å². The number of hydrogen-bond donors (Lipinski definition) is 2. The third kappa shape index (κ3) is 2.43. The molecule has 2 N–H and O–H groups in total. The van der Waals surface area contributed by atoms with E-state index < -0.39 is 0 Å². The maximum Gasteiger partial charge on any atom is 0.238 e. The van der Waals surface area contributed by atoms with Crippen molar-refractivity contribution in [2.24, 2.45) is 0 Å². The first-order chi connectivity index (χ1) is 9.66. The van der Waals surface area contributed by atoms with Crippen molar-refractivity contribution in [2.75, 3.05) is 6.54 Å². The molecule has 1 aromatic rings. The molecular weight excluding hydrogens is 259 g/mol. The number of nitrogens with one attached hydrogen (secondary N) is 1. The summed E-state index contributed by atoms with van der Waals surface area (Å²) in [5.41, 5.74) is 0.518. The number of hydrogen-bond acceptors (Lipinski definition) is 3. The van der Waals surface area contributed by atoms with Crippen LogP contribution in [0.2, 0.25) is 0 Å². The largest absolute Gasteiger partial charge is 0.393 e. The summed E-state index contributed by atoms with van der Waals surface area (Å²) < 4.78 is 14.0. The van der Waals surface area contributed by atoms with Crippen LogP contribution in [-0.4, -0.2) is 34.6 Å². The predicted octanol–water partition coefficient (Wildman–Crippen LogP) is 1.56. The Balaban J connectivity index is 1.84. The maximum absolute atomic E-state index is 14.0. The van der Waals surface area contributed by atoms with Gasteiger partial charge in [0.05, 0.1) is 12.6 Å². The fraction of sp³-hybridized carbons (Fsp3) is 0.533. The third-order valence-corrected chi connectivity index (χ3v) is 4.27. The lowest BCUT2D eigenvalue weighted by atomic mass is 9.91. The van der Waals surface area contributed by atoms with Crippen molar-refractivity contribution in [3.05, 3.63) is 35.6 Å². The number of aliphatic hydroxyl groups is 1. The second-order valence-corrected chi connectivity index (χ2v) is 5.57. The van der Waals surface area contributed by atoms with E-state index in [1.54, 1.807) is 23.1 Å². The van der Waals surface area contributed by atoms with Gasteiger partial charge in [-0.25, -0.2) is 4.39 Å². The number of halogens is 1. The quantitative estimate of drug-likeness (QED) is 0.863. The highest BCUT2D eigenvalue weighted by Crippen LogP contribution is 2.32. The van der Waals surface area contributed by atoms with Gasteiger partial charge in [-0.3, -0.25) is 10.1 Å². The van der Waals surface area contributed by atoms with Crippen LogP contribution >= 0.6 is 0 Å². The van der Waals surface area contributed by atoms with E-state index in [0.29, 0.717) is 18.4 Å². The van der Waals surface area contributed by atoms with E-state index in [0.717, 1.165) is 12.8 Å². The second kappa shape index (κ2) is 5.50. The van der Waals surface area contributed by atoms with Gasteiger partial charge in [-0.05, 0) is 31.7 Å². The first kappa shape index (κ1) is 13.5. The topological polar surface area (TPSA) is 52.6 Å². The zero-order valence-electron chi connectivity index (χ0n) is 11.3. The van der Waals surface area contributed by atoms with Crippen LogP contribution in [0.3, 0.4) is 0 Å². The van der Waals surface area contributed by atoms with Crippen LogP contribution in [0.1, 0.15) is 37.4 Å². The van der Waals surface area contributed by atoms with Crippen molar-refractivity contribution in [2.45, 2.75) is 44.0 Å². The van der Waals surface area contributed by atoms with Gasteiger partial charge in [-0.15, -0.1) is 0 Å². The summed E-state index contributed by atoms with van der Waals surface area (Å²) in [5.74, 6) is -0.278. The maximum atomic E-state index is 14.0. The highest BCUT2D eigenvalue weighted by molar-refractivity contribution is 5.81. The van der Waals surface area contributed by atoms with E-state index in [9.17, 15) is 14.3 Å². The fourth-order valence-corrected chi connectivity index (χ4v) is 3.23. The lowest BCUT2D eigenvalue weighted by molar-refractivity contribution is -0.131. The Bertz CT molecular complexity index is 500. The first-order valence-corrected chi connectivity index (χ1v) is 7.14. The summed E-state index contributed by atoms with van der Waals surface area (Å²) in [4.78, 5) is 13.9. The van der Waals surface area contributed by atoms with Gasteiger partial charge in [0.15, 0.2) is 0 Å². The molecule has 1 heterocycles. The van der Waals surface area contributed by atoms with Crippen molar-refractivity contribution in [3.63, 3.8) is 0 Å². The molecular formula is C15H19FN2O2. The minimum atomic E-state index is -0.385. The SMILES string of the molecule is O=C1CNC(c2ccccc2F)N1C1CCC(O)CC1. The Labute approximate surface area is 117 Å². The molecule has 1 amide bonds. The molecule has 5 heteroatoms. The average Bonchev–Trinajstić information content (AvgIpc) is 2.82. The first-order valence-electron chi connectivity index (χ1n) is 7.14. The van der Waals surface area contributed by atoms with Gasteiger partial charge in [0.2, 0.25) is 5.91 Å². The van der Waals surface area contributed by atoms with Gasteiger partial charge >= 0.3 is 0 Å². The molecule has 108 valence electrons. The van der Waals surface area contributed by atoms with Crippen molar-refractivity contribution in [3.8, 4) is 0 Å². The van der Waals surface area contributed by atoms with E-state index >= 15 is 0 Å². The van der Waals surface area contributed by atoms with Crippen LogP contribution in [0.5, 0.6) is 0 Å². The van der Waals surface area contributed by atoms with Crippen molar-refractivity contribution in [1.82, 2.24) is 10.2 Å². The molecule has 0 radical (unpaired) electrons. The molecule has 2 fully saturated rings. The number of amides is 1. The Kier molecular flexibility index (Phi) is 3.72. The summed E-state index contributed by atoms with van der Waals surface area (Å²) in [5, 5.41) is 12.7. The molecule has 1 atom stereocenters. The number of carbonyl (C=O) groups is 1. The zero-order valence-corrected chi connectivity index (χ0v) is 11.3. The molecule has 20 heavy (non-hydrogen) atoms. The monoisotopic (exact) mass is 278 g/mol. The number of carbonyl (C=O) groups excluding carboxylic acids is 1. The minimum absolute atomic E-state index is 0.0136. The van der Waals surface area contributed by atoms with E-state index in [1.165, 1.54) is 6.07 Å². The Hall–Kier alpha value is -1.46. The summed E-state index contributed by atoms with van der Waals surface area (Å²) in [6, 6.07) is 6.66. The summed E-state index contributed by atoms with van der Waals surface area (Å²) >= 11 is 0. The second-order valence-electron chi connectivity index (χ2n) is 5.57. The van der Waals surface area contributed by atoms with Crippen LogP contribution in [0.4, 0.5) is 4.39 Å². The van der Waals surface area contributed by atoms with Crippen LogP contribution < -0.4 is 5.32 Å². The lowest BCUT2D eigenvalue weighted by Crippen LogP contribution is -2.42. The van der Waals surface area contributed by atoms with Crippen molar-refractivity contribution < 1.29 is 14.3 Å². The molecule has 0 aromatic heterocycles. The lowest BCUT2D eigenvalue weighted by Gasteiger charge is -2.36. The number of aliphatic hydroxyl groups excluding tert-OH is 1. The highest BCUT2D eigenvalue weighted by atomic mass is 19.1. The molecule has 1 unspecified atom stereocenters. The zero-order chi connectivity index (χ0) is 14.1. The Morgan fingerprint density at radius 2 is 1.90 bits per heavy atom. The van der Waals surface area contributed by atoms with Crippen LogP contribution in [0.15, 0.2) is 24.3 Å². The molecule has 1 aliphatic carbocycles. The van der Waals surface area contributed by atoms with E-state index in [-0.39, 0.29) is 36.6 Å². The fourth-order valence-electron chi connectivity index (χ4n) is 3.23. The highest BCUT2D eigenvalue weighted by Gasteiger charge is 2.38. The predicted molar refractivity (Wildman–Crippen MR) is 72.3 cm³/mol. The molecule has 1 saturated heterocycles. The van der Waals surface area contributed by atoms with Crippen molar-refractivity contribution in [1.29, 1.82) is 0 Å². The molecule has 1 saturated carbocycles. The van der Waals surface area contributed by atoms with E-state index in [4.69, 9.17) is 0 Å². The number of nitrogens with zero attached hydrogens (tertiary/aromatic N) is 1. The number of rotatable bonds is 2. The summed E-state index contributed by atoms with van der Waals surface area (Å²) in [7, 11) is 0. The molecule has 0 spiro atoms. The van der Waals surface area contributed by atoms with Crippen LogP contribution in [-0.2, 0) is 4.79 Å². The molecule has 2 aliphatic rings. The molecule has 0 bridgehead atoms. The number of benzene rings is 1. The Morgan fingerprint density at radius 1 is 1.20 bits per heavy atom. The Morgan fingerprint density at radius 3 is 2.60 bits per heavy atom. The van der Waals surface area contributed by atoms with Gasteiger partial charge in [-0.1, -0.05) is 18.2 Å². The third-order valence-electron chi connectivity index (χ3n) is 4.27. The standard InChI is InChI=1S/C15H19FN2O2/c16-13-4-2-1-3-12(13)15-17-9-14(20)18(15)10-5-7-11(19)8-6-10/h1-4,10-11,15,17,19H,5-9H2. The van der Waals surface area contributed by atoms with Gasteiger partial charge in [0, 0.05) is 11.6 Å². The minimum Gasteiger partial charge on any atom is -0.393 e. The molecule has 1 aliphatic heterocycles. The molecule has 1 aromatic carbocycles. The smallest absolute Gasteiger partial charge is 0.238 e. The van der Waals surface area contributed by atoms with Crippen molar-refractivity contribution >= 4 is 5.91 Å². The van der Waals surface area contributed by atoms with E-state index in [2.05, 4.69) is 5.32 Å². The van der Waals surface area contributed by atoms with Gasteiger partial charge in [0.25, 0.3) is 0 Å². The molecule has 3 rings (SSSR count). The van der Waals surface area contributed by atoms with E-state index in [1.807, 2.05) is 0 Å². The van der Waals surface area contributed by atoms with Gasteiger partial charge < -0.3 is 10.0 Å². The summed E-state index contributed by atoms with van der Waals surface area (Å²) in [6.07, 6.45) is 2.32. The summed E-state index contributed by atoms with van der Waals surface area (Å²) in [6.45, 7) is 0.248.